The van der Waals surface area contributed by atoms with Crippen LogP contribution in [0.3, 0.4) is 0 Å². The van der Waals surface area contributed by atoms with E-state index < -0.39 is 0 Å². The molecular weight excluding hydrogens is 212 g/mol. The summed E-state index contributed by atoms with van der Waals surface area (Å²) in [6.07, 6.45) is 0.506. The third kappa shape index (κ3) is 3.24. The topological polar surface area (TPSA) is 26.3 Å². The van der Waals surface area contributed by atoms with Crippen LogP contribution in [-0.2, 0) is 4.79 Å². The smallest absolute Gasteiger partial charge is 0.169 e. The molecule has 0 spiro atoms. The van der Waals surface area contributed by atoms with Crippen LogP contribution in [0.25, 0.3) is 0 Å². The normalized spacial score (nSPS) is 10.1. The van der Waals surface area contributed by atoms with E-state index in [1.54, 1.807) is 0 Å². The molecule has 0 heterocycles. The van der Waals surface area contributed by atoms with Crippen LogP contribution in [0.2, 0.25) is 5.02 Å². The number of carbonyl (C=O) groups is 1. The predicted molar refractivity (Wildman–Crippen MR) is 61.7 cm³/mol. The van der Waals surface area contributed by atoms with Gasteiger partial charge in [-0.1, -0.05) is 18.5 Å². The molecule has 15 heavy (non-hydrogen) atoms. The summed E-state index contributed by atoms with van der Waals surface area (Å²) >= 11 is 6.02. The van der Waals surface area contributed by atoms with Crippen molar-refractivity contribution in [1.29, 1.82) is 0 Å². The second kappa shape index (κ2) is 5.17. The molecule has 0 saturated heterocycles. The van der Waals surface area contributed by atoms with Crippen LogP contribution in [0, 0.1) is 13.8 Å². The number of hydrogen-bond donors (Lipinski definition) is 0. The SMILES string of the molecule is CCC(=O)COc1cc(C)c(Cl)c(C)c1. The fourth-order valence-electron chi connectivity index (χ4n) is 1.26. The third-order valence-electron chi connectivity index (χ3n) is 2.20. The van der Waals surface area contributed by atoms with Gasteiger partial charge in [0.2, 0.25) is 0 Å². The van der Waals surface area contributed by atoms with Gasteiger partial charge in [0, 0.05) is 11.4 Å². The van der Waals surface area contributed by atoms with Crippen molar-refractivity contribution in [2.45, 2.75) is 27.2 Å². The number of Topliss-reactive ketones (excluding diaryl/α,β-unsaturated/α-hetero) is 1. The zero-order valence-electron chi connectivity index (χ0n) is 9.26. The highest BCUT2D eigenvalue weighted by atomic mass is 35.5. The maximum atomic E-state index is 11.1. The maximum absolute atomic E-state index is 11.1. The van der Waals surface area contributed by atoms with Crippen LogP contribution < -0.4 is 4.74 Å². The van der Waals surface area contributed by atoms with E-state index in [9.17, 15) is 4.79 Å². The molecule has 0 aromatic heterocycles. The van der Waals surface area contributed by atoms with Gasteiger partial charge in [-0.25, -0.2) is 0 Å². The number of hydrogen-bond acceptors (Lipinski definition) is 2. The van der Waals surface area contributed by atoms with E-state index in [0.29, 0.717) is 12.2 Å². The standard InChI is InChI=1S/C12H15ClO2/c1-4-10(14)7-15-11-5-8(2)12(13)9(3)6-11/h5-6H,4,7H2,1-3H3. The van der Waals surface area contributed by atoms with Crippen molar-refractivity contribution in [1.82, 2.24) is 0 Å². The number of benzene rings is 1. The van der Waals surface area contributed by atoms with E-state index in [2.05, 4.69) is 0 Å². The van der Waals surface area contributed by atoms with Crippen molar-refractivity contribution in [3.8, 4) is 5.75 Å². The molecule has 0 bridgehead atoms. The molecule has 82 valence electrons. The number of carbonyl (C=O) groups excluding carboxylic acids is 1. The molecule has 0 aliphatic rings. The van der Waals surface area contributed by atoms with Gasteiger partial charge in [-0.15, -0.1) is 0 Å². The lowest BCUT2D eigenvalue weighted by Gasteiger charge is -2.08. The third-order valence-corrected chi connectivity index (χ3v) is 2.80. The Balaban J connectivity index is 2.75. The Bertz CT molecular complexity index is 349. The Morgan fingerprint density at radius 3 is 2.33 bits per heavy atom. The highest BCUT2D eigenvalue weighted by molar-refractivity contribution is 6.32. The minimum absolute atomic E-state index is 0.0975. The number of ether oxygens (including phenoxy) is 1. The van der Waals surface area contributed by atoms with Gasteiger partial charge in [0.1, 0.15) is 12.4 Å². The zero-order valence-corrected chi connectivity index (χ0v) is 10.0. The molecule has 0 N–H and O–H groups in total. The molecule has 1 aromatic rings. The van der Waals surface area contributed by atoms with Crippen molar-refractivity contribution in [3.63, 3.8) is 0 Å². The Kier molecular flexibility index (Phi) is 4.15. The van der Waals surface area contributed by atoms with Gasteiger partial charge in [-0.3, -0.25) is 4.79 Å². The summed E-state index contributed by atoms with van der Waals surface area (Å²) in [7, 11) is 0. The molecule has 0 radical (unpaired) electrons. The highest BCUT2D eigenvalue weighted by Crippen LogP contribution is 2.25. The van der Waals surface area contributed by atoms with Gasteiger partial charge in [0.15, 0.2) is 5.78 Å². The predicted octanol–water partition coefficient (Wildman–Crippen LogP) is 3.31. The average Bonchev–Trinajstić information content (AvgIpc) is 2.22. The first-order valence-corrected chi connectivity index (χ1v) is 5.33. The quantitative estimate of drug-likeness (QED) is 0.788. The molecule has 0 atom stereocenters. The van der Waals surface area contributed by atoms with E-state index >= 15 is 0 Å². The van der Waals surface area contributed by atoms with Crippen molar-refractivity contribution in [2.75, 3.05) is 6.61 Å². The van der Waals surface area contributed by atoms with Gasteiger partial charge in [0.05, 0.1) is 0 Å². The number of aryl methyl sites for hydroxylation is 2. The number of halogens is 1. The van der Waals surface area contributed by atoms with Gasteiger partial charge >= 0.3 is 0 Å². The summed E-state index contributed by atoms with van der Waals surface area (Å²) in [6.45, 7) is 5.80. The minimum atomic E-state index is 0.0975. The molecule has 3 heteroatoms. The van der Waals surface area contributed by atoms with Gasteiger partial charge in [-0.2, -0.15) is 0 Å². The van der Waals surface area contributed by atoms with E-state index in [0.717, 1.165) is 16.1 Å². The summed E-state index contributed by atoms with van der Waals surface area (Å²) in [5.74, 6) is 0.802. The first kappa shape index (κ1) is 12.1. The second-order valence-electron chi connectivity index (χ2n) is 3.55. The summed E-state index contributed by atoms with van der Waals surface area (Å²) in [5.41, 5.74) is 1.94. The van der Waals surface area contributed by atoms with Crippen molar-refractivity contribution in [2.24, 2.45) is 0 Å². The largest absolute Gasteiger partial charge is 0.486 e. The van der Waals surface area contributed by atoms with E-state index in [1.807, 2.05) is 32.9 Å². The summed E-state index contributed by atoms with van der Waals surface area (Å²) in [4.78, 5) is 11.1. The molecule has 0 fully saturated rings. The Labute approximate surface area is 95.2 Å². The van der Waals surface area contributed by atoms with Crippen LogP contribution in [0.1, 0.15) is 24.5 Å². The Hall–Kier alpha value is -1.02. The average molecular weight is 227 g/mol. The molecule has 0 aliphatic carbocycles. The molecule has 1 aromatic carbocycles. The van der Waals surface area contributed by atoms with Gasteiger partial charge < -0.3 is 4.74 Å². The minimum Gasteiger partial charge on any atom is -0.486 e. The van der Waals surface area contributed by atoms with E-state index in [1.165, 1.54) is 0 Å². The summed E-state index contributed by atoms with van der Waals surface area (Å²) in [5, 5.41) is 0.754. The molecule has 0 aliphatic heterocycles. The fourth-order valence-corrected chi connectivity index (χ4v) is 1.36. The van der Waals surface area contributed by atoms with Crippen LogP contribution in [0.4, 0.5) is 0 Å². The van der Waals surface area contributed by atoms with Crippen LogP contribution >= 0.6 is 11.6 Å². The Morgan fingerprint density at radius 2 is 1.87 bits per heavy atom. The number of rotatable bonds is 4. The zero-order chi connectivity index (χ0) is 11.4. The lowest BCUT2D eigenvalue weighted by Crippen LogP contribution is -2.09. The van der Waals surface area contributed by atoms with Crippen molar-refractivity contribution < 1.29 is 9.53 Å². The van der Waals surface area contributed by atoms with Crippen LogP contribution in [0.15, 0.2) is 12.1 Å². The molecule has 0 amide bonds. The van der Waals surface area contributed by atoms with Crippen molar-refractivity contribution >= 4 is 17.4 Å². The molecular formula is C12H15ClO2. The lowest BCUT2D eigenvalue weighted by molar-refractivity contribution is -0.120. The lowest BCUT2D eigenvalue weighted by atomic mass is 10.1. The number of ketones is 1. The van der Waals surface area contributed by atoms with Crippen LogP contribution in [0.5, 0.6) is 5.75 Å². The van der Waals surface area contributed by atoms with Crippen molar-refractivity contribution in [3.05, 3.63) is 28.3 Å². The van der Waals surface area contributed by atoms with Crippen LogP contribution in [-0.4, -0.2) is 12.4 Å². The summed E-state index contributed by atoms with van der Waals surface area (Å²) in [6, 6.07) is 3.69. The first-order valence-electron chi connectivity index (χ1n) is 4.95. The van der Waals surface area contributed by atoms with E-state index in [4.69, 9.17) is 16.3 Å². The molecule has 2 nitrogen and oxygen atoms in total. The molecule has 1 rings (SSSR count). The van der Waals surface area contributed by atoms with Gasteiger partial charge in [-0.05, 0) is 37.1 Å². The summed E-state index contributed by atoms with van der Waals surface area (Å²) < 4.78 is 5.37. The van der Waals surface area contributed by atoms with E-state index in [-0.39, 0.29) is 12.4 Å². The molecule has 0 saturated carbocycles. The molecule has 0 unspecified atom stereocenters. The Morgan fingerprint density at radius 1 is 1.33 bits per heavy atom. The fraction of sp³-hybridized carbons (Fsp3) is 0.417. The second-order valence-corrected chi connectivity index (χ2v) is 3.93. The van der Waals surface area contributed by atoms with Gasteiger partial charge in [0.25, 0.3) is 0 Å². The first-order chi connectivity index (χ1) is 7.04. The highest BCUT2D eigenvalue weighted by Gasteiger charge is 2.05. The maximum Gasteiger partial charge on any atom is 0.169 e. The monoisotopic (exact) mass is 226 g/mol.